The average Bonchev–Trinajstić information content (AvgIpc) is 2.85. The number of benzene rings is 2. The zero-order valence-electron chi connectivity index (χ0n) is 23.1. The van der Waals surface area contributed by atoms with Crippen LogP contribution in [-0.2, 0) is 22.0 Å². The van der Waals surface area contributed by atoms with Gasteiger partial charge in [0, 0.05) is 17.2 Å². The lowest BCUT2D eigenvalue weighted by Crippen LogP contribution is -2.33. The molecule has 0 aliphatic heterocycles. The van der Waals surface area contributed by atoms with Crippen LogP contribution in [0, 0.1) is 5.82 Å². The third-order valence-electron chi connectivity index (χ3n) is 7.52. The predicted octanol–water partition coefficient (Wildman–Crippen LogP) is 8.70. The molecule has 200 valence electrons. The Balaban J connectivity index is 2.37. The number of unbranched alkanes of at least 4 members (excludes halogenated alkanes) is 1. The number of hydrogen-bond donors (Lipinski definition) is 2. The van der Waals surface area contributed by atoms with Gasteiger partial charge in [0.15, 0.2) is 11.9 Å². The molecule has 0 bridgehead atoms. The maximum Gasteiger partial charge on any atom is 0.265 e. The number of amides is 1. The van der Waals surface area contributed by atoms with Gasteiger partial charge in [0.25, 0.3) is 5.91 Å². The number of carbonyl (C=O) groups excluding carboxylic acids is 1. The number of aromatic hydroxyl groups is 1. The second kappa shape index (κ2) is 12.3. The fourth-order valence-corrected chi connectivity index (χ4v) is 4.28. The highest BCUT2D eigenvalue weighted by Gasteiger charge is 2.29. The number of rotatable bonds is 12. The van der Waals surface area contributed by atoms with Crippen molar-refractivity contribution in [1.82, 2.24) is 0 Å². The van der Waals surface area contributed by atoms with Gasteiger partial charge in [0.2, 0.25) is 0 Å². The molecule has 6 heteroatoms. The first-order valence-electron chi connectivity index (χ1n) is 13.1. The smallest absolute Gasteiger partial charge is 0.265 e. The van der Waals surface area contributed by atoms with Crippen molar-refractivity contribution in [2.45, 2.75) is 111 Å². The van der Waals surface area contributed by atoms with E-state index in [9.17, 15) is 14.3 Å². The highest BCUT2D eigenvalue weighted by molar-refractivity contribution is 6.33. The van der Waals surface area contributed by atoms with Crippen molar-refractivity contribution in [3.05, 3.63) is 51.8 Å². The molecule has 0 saturated carbocycles. The number of phenols is 1. The summed E-state index contributed by atoms with van der Waals surface area (Å²) in [6, 6.07) is 7.34. The first-order valence-corrected chi connectivity index (χ1v) is 13.5. The van der Waals surface area contributed by atoms with Crippen LogP contribution in [0.25, 0.3) is 0 Å². The van der Waals surface area contributed by atoms with Crippen LogP contribution in [-0.4, -0.2) is 17.1 Å². The molecular formula is C30H43ClFNO3. The van der Waals surface area contributed by atoms with Crippen LogP contribution < -0.4 is 10.1 Å². The van der Waals surface area contributed by atoms with Crippen LogP contribution in [0.15, 0.2) is 24.3 Å². The molecule has 1 unspecified atom stereocenters. The minimum atomic E-state index is -0.831. The lowest BCUT2D eigenvalue weighted by Gasteiger charge is -2.31. The van der Waals surface area contributed by atoms with Gasteiger partial charge in [-0.05, 0) is 54.6 Å². The van der Waals surface area contributed by atoms with Crippen LogP contribution >= 0.6 is 11.6 Å². The summed E-state index contributed by atoms with van der Waals surface area (Å²) in [6.07, 6.45) is 3.51. The third-order valence-corrected chi connectivity index (χ3v) is 7.92. The summed E-state index contributed by atoms with van der Waals surface area (Å²) in [5, 5.41) is 13.1. The number of anilines is 1. The van der Waals surface area contributed by atoms with Gasteiger partial charge in [0.1, 0.15) is 11.6 Å². The van der Waals surface area contributed by atoms with E-state index in [1.165, 1.54) is 5.56 Å². The number of nitrogens with one attached hydrogen (secondary N) is 1. The molecule has 36 heavy (non-hydrogen) atoms. The van der Waals surface area contributed by atoms with Gasteiger partial charge >= 0.3 is 0 Å². The van der Waals surface area contributed by atoms with Crippen molar-refractivity contribution < 1.29 is 19.0 Å². The quantitative estimate of drug-likeness (QED) is 0.276. The zero-order valence-corrected chi connectivity index (χ0v) is 23.9. The minimum absolute atomic E-state index is 0.0167. The maximum absolute atomic E-state index is 14.7. The normalized spacial score (nSPS) is 12.9. The highest BCUT2D eigenvalue weighted by Crippen LogP contribution is 2.40. The zero-order chi connectivity index (χ0) is 27.3. The first-order chi connectivity index (χ1) is 16.8. The lowest BCUT2D eigenvalue weighted by atomic mass is 9.76. The van der Waals surface area contributed by atoms with Crippen LogP contribution in [0.4, 0.5) is 10.1 Å². The molecule has 1 atom stereocenters. The Labute approximate surface area is 221 Å². The third kappa shape index (κ3) is 6.73. The van der Waals surface area contributed by atoms with Crippen molar-refractivity contribution in [2.24, 2.45) is 0 Å². The Morgan fingerprint density at radius 2 is 1.72 bits per heavy atom. The molecule has 0 spiro atoms. The van der Waals surface area contributed by atoms with Crippen molar-refractivity contribution >= 4 is 23.2 Å². The number of hydrogen-bond acceptors (Lipinski definition) is 3. The second-order valence-electron chi connectivity index (χ2n) is 10.8. The van der Waals surface area contributed by atoms with Crippen LogP contribution in [0.5, 0.6) is 11.5 Å². The molecule has 0 heterocycles. The first kappa shape index (κ1) is 30.0. The maximum atomic E-state index is 14.7. The molecule has 2 aromatic carbocycles. The van der Waals surface area contributed by atoms with Gasteiger partial charge in [-0.3, -0.25) is 4.79 Å². The minimum Gasteiger partial charge on any atom is -0.504 e. The van der Waals surface area contributed by atoms with E-state index in [2.05, 4.69) is 59.0 Å². The van der Waals surface area contributed by atoms with E-state index in [-0.39, 0.29) is 32.9 Å². The average molecular weight is 520 g/mol. The molecule has 0 radical (unpaired) electrons. The van der Waals surface area contributed by atoms with E-state index in [1.807, 2.05) is 19.9 Å². The molecule has 2 aromatic rings. The molecule has 0 aliphatic rings. The molecule has 0 saturated heterocycles. The van der Waals surface area contributed by atoms with E-state index in [0.29, 0.717) is 18.6 Å². The van der Waals surface area contributed by atoms with Gasteiger partial charge in [0.05, 0.1) is 10.7 Å². The van der Waals surface area contributed by atoms with Crippen molar-refractivity contribution in [3.8, 4) is 11.5 Å². The number of phenolic OH excluding ortho intramolecular Hbond substituents is 1. The summed E-state index contributed by atoms with van der Waals surface area (Å²) in [5.74, 6) is -0.686. The van der Waals surface area contributed by atoms with E-state index < -0.39 is 17.8 Å². The van der Waals surface area contributed by atoms with Gasteiger partial charge < -0.3 is 15.2 Å². The summed E-state index contributed by atoms with van der Waals surface area (Å²) in [4.78, 5) is 13.2. The van der Waals surface area contributed by atoms with Gasteiger partial charge in [-0.15, -0.1) is 0 Å². The topological polar surface area (TPSA) is 58.6 Å². The van der Waals surface area contributed by atoms with E-state index in [0.717, 1.165) is 37.3 Å². The molecule has 2 rings (SSSR count). The van der Waals surface area contributed by atoms with Crippen LogP contribution in [0.1, 0.15) is 104 Å². The Bertz CT molecular complexity index is 1060. The Kier molecular flexibility index (Phi) is 10.2. The Morgan fingerprint density at radius 3 is 2.28 bits per heavy atom. The van der Waals surface area contributed by atoms with Crippen LogP contribution in [0.3, 0.4) is 0 Å². The van der Waals surface area contributed by atoms with Crippen LogP contribution in [0.2, 0.25) is 5.02 Å². The summed E-state index contributed by atoms with van der Waals surface area (Å²) in [6.45, 7) is 16.9. The molecule has 1 amide bonds. The molecule has 2 N–H and O–H groups in total. The van der Waals surface area contributed by atoms with Gasteiger partial charge in [-0.2, -0.15) is 0 Å². The van der Waals surface area contributed by atoms with E-state index >= 15 is 0 Å². The molecule has 0 aromatic heterocycles. The Morgan fingerprint density at radius 1 is 1.08 bits per heavy atom. The number of halogens is 2. The van der Waals surface area contributed by atoms with Crippen molar-refractivity contribution in [2.75, 3.05) is 5.32 Å². The summed E-state index contributed by atoms with van der Waals surface area (Å²) in [5.41, 5.74) is 2.34. The standard InChI is InChI=1S/C30H43ClFNO3/c1-9-13-14-20-22(32)18-23(27(34)26(20)31)33-28(35)24(10-2)36-25-16-15-19(29(5,6)11-3)17-21(25)30(7,8)12-4/h15-18,24,34H,9-14H2,1-8H3,(H,33,35). The fourth-order valence-electron chi connectivity index (χ4n) is 3.99. The fraction of sp³-hybridized carbons (Fsp3) is 0.567. The molecule has 0 aliphatic carbocycles. The SMILES string of the molecule is CCCCc1c(F)cc(NC(=O)C(CC)Oc2ccc(C(C)(C)CC)cc2C(C)(C)CC)c(O)c1Cl. The molecular weight excluding hydrogens is 477 g/mol. The largest absolute Gasteiger partial charge is 0.504 e. The molecule has 0 fully saturated rings. The van der Waals surface area contributed by atoms with E-state index in [1.54, 1.807) is 0 Å². The number of ether oxygens (including phenoxy) is 1. The molecule has 4 nitrogen and oxygen atoms in total. The second-order valence-corrected chi connectivity index (χ2v) is 11.2. The van der Waals surface area contributed by atoms with Gasteiger partial charge in [-0.1, -0.05) is 85.5 Å². The van der Waals surface area contributed by atoms with Gasteiger partial charge in [-0.25, -0.2) is 4.39 Å². The lowest BCUT2D eigenvalue weighted by molar-refractivity contribution is -0.122. The number of carbonyl (C=O) groups is 1. The van der Waals surface area contributed by atoms with Crippen molar-refractivity contribution in [3.63, 3.8) is 0 Å². The van der Waals surface area contributed by atoms with E-state index in [4.69, 9.17) is 16.3 Å². The summed E-state index contributed by atoms with van der Waals surface area (Å²) >= 11 is 6.24. The monoisotopic (exact) mass is 519 g/mol. The summed E-state index contributed by atoms with van der Waals surface area (Å²) in [7, 11) is 0. The summed E-state index contributed by atoms with van der Waals surface area (Å²) < 4.78 is 21.0. The Hall–Kier alpha value is -2.27. The van der Waals surface area contributed by atoms with Crippen molar-refractivity contribution in [1.29, 1.82) is 0 Å². The highest BCUT2D eigenvalue weighted by atomic mass is 35.5. The predicted molar refractivity (Wildman–Crippen MR) is 148 cm³/mol.